The van der Waals surface area contributed by atoms with Gasteiger partial charge in [-0.1, -0.05) is 36.4 Å². The number of halogens is 1. The number of rotatable bonds is 8. The second-order valence-corrected chi connectivity index (χ2v) is 14.1. The first kappa shape index (κ1) is 33.4. The van der Waals surface area contributed by atoms with E-state index in [4.69, 9.17) is 4.74 Å². The quantitative estimate of drug-likeness (QED) is 0.234. The monoisotopic (exact) mass is 667 g/mol. The molecule has 9 heteroatoms. The van der Waals surface area contributed by atoms with Gasteiger partial charge < -0.3 is 19.4 Å². The fourth-order valence-corrected chi connectivity index (χ4v) is 8.27. The zero-order chi connectivity index (χ0) is 34.1. The Hall–Kier alpha value is -4.05. The van der Waals surface area contributed by atoms with E-state index < -0.39 is 6.17 Å². The summed E-state index contributed by atoms with van der Waals surface area (Å²) in [6.45, 7) is 11.9. The Morgan fingerprint density at radius 3 is 2.24 bits per heavy atom. The third-order valence-electron chi connectivity index (χ3n) is 11.3. The normalized spacial score (nSPS) is 22.4. The molecule has 4 fully saturated rings. The van der Waals surface area contributed by atoms with Gasteiger partial charge in [0.25, 0.3) is 0 Å². The molecule has 3 aromatic carbocycles. The fourth-order valence-electron chi connectivity index (χ4n) is 8.27. The van der Waals surface area contributed by atoms with Gasteiger partial charge in [0.1, 0.15) is 17.7 Å². The van der Waals surface area contributed by atoms with E-state index in [0.29, 0.717) is 12.6 Å². The topological polar surface area (TPSA) is 65.9 Å². The van der Waals surface area contributed by atoms with Gasteiger partial charge in [-0.05, 0) is 111 Å². The Bertz CT molecular complexity index is 1650. The Morgan fingerprint density at radius 1 is 0.898 bits per heavy atom. The van der Waals surface area contributed by atoms with E-state index in [2.05, 4.69) is 63.4 Å². The maximum atomic E-state index is 15.5. The van der Waals surface area contributed by atoms with Crippen molar-refractivity contribution in [3.05, 3.63) is 107 Å². The minimum Gasteiger partial charge on any atom is -0.497 e. The molecule has 1 saturated carbocycles. The number of aryl methyl sites for hydroxylation is 1. The van der Waals surface area contributed by atoms with Crippen molar-refractivity contribution < 1.29 is 19.5 Å². The van der Waals surface area contributed by atoms with Crippen molar-refractivity contribution >= 4 is 17.1 Å². The standard InChI is InChI=1S/C40H50FN5O3/c1-28-25-35(42-21-17-33(18-22-42)43-23-19-37(38(41)27-43)31-9-11-34(12-10-31)46(47)48)13-16-39(28)44-24-20-40(32-5-4-6-32)45(29(44)2)26-30-7-14-36(49-3)15-8-30/h7-16,25,33,37-38,47-48H,2,4-6,17-24,26-27H2,1,3H3. The van der Waals surface area contributed by atoms with E-state index in [0.717, 1.165) is 75.5 Å². The van der Waals surface area contributed by atoms with Crippen LogP contribution in [0, 0.1) is 6.92 Å². The molecule has 0 spiro atoms. The van der Waals surface area contributed by atoms with Crippen LogP contribution in [0.1, 0.15) is 67.6 Å². The smallest absolute Gasteiger partial charge is 0.120 e. The van der Waals surface area contributed by atoms with Crippen LogP contribution < -0.4 is 19.8 Å². The second kappa shape index (κ2) is 14.4. The number of benzene rings is 3. The number of hydrogen-bond donors (Lipinski definition) is 2. The number of likely N-dealkylation sites (tertiary alicyclic amines) is 1. The highest BCUT2D eigenvalue weighted by Gasteiger charge is 2.35. The fraction of sp³-hybridized carbons (Fsp3) is 0.450. The maximum Gasteiger partial charge on any atom is 0.120 e. The summed E-state index contributed by atoms with van der Waals surface area (Å²) in [5, 5.41) is 18.5. The maximum absolute atomic E-state index is 15.5. The molecule has 1 aliphatic carbocycles. The van der Waals surface area contributed by atoms with Crippen LogP contribution in [-0.2, 0) is 6.54 Å². The molecular weight excluding hydrogens is 617 g/mol. The minimum absolute atomic E-state index is 0.0923. The summed E-state index contributed by atoms with van der Waals surface area (Å²) in [6, 6.07) is 22.5. The lowest BCUT2D eigenvalue weighted by Gasteiger charge is -2.45. The lowest BCUT2D eigenvalue weighted by atomic mass is 9.86. The molecule has 49 heavy (non-hydrogen) atoms. The molecule has 3 heterocycles. The lowest BCUT2D eigenvalue weighted by Crippen LogP contribution is -2.50. The Labute approximate surface area is 290 Å². The summed E-state index contributed by atoms with van der Waals surface area (Å²) < 4.78 is 20.9. The van der Waals surface area contributed by atoms with Crippen LogP contribution in [0.4, 0.5) is 21.5 Å². The zero-order valence-corrected chi connectivity index (χ0v) is 28.9. The van der Waals surface area contributed by atoms with Gasteiger partial charge in [-0.3, -0.25) is 15.3 Å². The van der Waals surface area contributed by atoms with Crippen LogP contribution in [0.15, 0.2) is 90.4 Å². The van der Waals surface area contributed by atoms with Crippen LogP contribution >= 0.6 is 0 Å². The van der Waals surface area contributed by atoms with E-state index in [1.54, 1.807) is 36.9 Å². The van der Waals surface area contributed by atoms with Crippen molar-refractivity contribution in [2.45, 2.75) is 76.5 Å². The third-order valence-corrected chi connectivity index (χ3v) is 11.3. The van der Waals surface area contributed by atoms with Gasteiger partial charge in [0, 0.05) is 68.2 Å². The molecule has 8 nitrogen and oxygen atoms in total. The summed E-state index contributed by atoms with van der Waals surface area (Å²) in [5.74, 6) is 1.75. The van der Waals surface area contributed by atoms with E-state index in [1.807, 2.05) is 12.1 Å². The number of alkyl halides is 1. The molecule has 4 aliphatic rings. The zero-order valence-electron chi connectivity index (χ0n) is 28.9. The molecule has 3 saturated heterocycles. The highest BCUT2D eigenvalue weighted by Crippen LogP contribution is 2.40. The average molecular weight is 668 g/mol. The summed E-state index contributed by atoms with van der Waals surface area (Å²) in [4.78, 5) is 9.69. The first-order chi connectivity index (χ1) is 23.8. The number of allylic oxidation sites excluding steroid dienone is 1. The molecule has 0 radical (unpaired) electrons. The van der Waals surface area contributed by atoms with Crippen molar-refractivity contribution in [3.63, 3.8) is 0 Å². The van der Waals surface area contributed by atoms with Crippen LogP contribution in [0.25, 0.3) is 0 Å². The number of piperidine rings is 2. The molecule has 2 unspecified atom stereocenters. The van der Waals surface area contributed by atoms with Crippen LogP contribution in [-0.4, -0.2) is 72.3 Å². The van der Waals surface area contributed by atoms with Crippen LogP contribution in [0.3, 0.4) is 0 Å². The Balaban J connectivity index is 0.970. The average Bonchev–Trinajstić information content (AvgIpc) is 3.10. The van der Waals surface area contributed by atoms with Gasteiger partial charge in [0.15, 0.2) is 0 Å². The van der Waals surface area contributed by atoms with Crippen molar-refractivity contribution in [1.82, 2.24) is 9.80 Å². The van der Waals surface area contributed by atoms with Gasteiger partial charge in [-0.25, -0.2) is 4.39 Å². The molecule has 0 amide bonds. The third kappa shape index (κ3) is 7.02. The van der Waals surface area contributed by atoms with E-state index in [-0.39, 0.29) is 16.8 Å². The van der Waals surface area contributed by atoms with Gasteiger partial charge in [-0.2, -0.15) is 0 Å². The molecule has 3 aromatic rings. The van der Waals surface area contributed by atoms with Crippen molar-refractivity contribution in [1.29, 1.82) is 0 Å². The number of ether oxygens (including phenoxy) is 1. The van der Waals surface area contributed by atoms with E-state index >= 15 is 4.39 Å². The molecule has 2 N–H and O–H groups in total. The van der Waals surface area contributed by atoms with Gasteiger partial charge >= 0.3 is 0 Å². The SMILES string of the molecule is C=C1N(Cc2ccc(OC)cc2)C(=C2CCC2)CCN1c1ccc(N2CCC(N3CCC(c4ccc(N(O)O)cc4)C(F)C3)CC2)cc1C. The van der Waals surface area contributed by atoms with Crippen LogP contribution in [0.2, 0.25) is 0 Å². The molecular formula is C40H50FN5O3. The lowest BCUT2D eigenvalue weighted by molar-refractivity contribution is 0.0291. The molecule has 0 aromatic heterocycles. The number of nitrogens with zero attached hydrogens (tertiary/aromatic N) is 5. The van der Waals surface area contributed by atoms with Gasteiger partial charge in [-0.15, -0.1) is 5.23 Å². The number of methoxy groups -OCH3 is 1. The van der Waals surface area contributed by atoms with Gasteiger partial charge in [0.05, 0.1) is 12.8 Å². The largest absolute Gasteiger partial charge is 0.497 e. The Kier molecular flexibility index (Phi) is 9.85. The highest BCUT2D eigenvalue weighted by atomic mass is 19.1. The summed E-state index contributed by atoms with van der Waals surface area (Å²) >= 11 is 0. The first-order valence-corrected chi connectivity index (χ1v) is 17.9. The van der Waals surface area contributed by atoms with Crippen molar-refractivity contribution in [2.75, 3.05) is 54.9 Å². The first-order valence-electron chi connectivity index (χ1n) is 17.9. The summed E-state index contributed by atoms with van der Waals surface area (Å²) in [5.41, 5.74) is 9.21. The van der Waals surface area contributed by atoms with E-state index in [9.17, 15) is 10.4 Å². The van der Waals surface area contributed by atoms with Crippen LogP contribution in [0.5, 0.6) is 5.75 Å². The molecule has 3 aliphatic heterocycles. The summed E-state index contributed by atoms with van der Waals surface area (Å²) in [6.07, 6.45) is 6.58. The van der Waals surface area contributed by atoms with Gasteiger partial charge in [0.2, 0.25) is 0 Å². The molecule has 7 rings (SSSR count). The molecule has 0 bridgehead atoms. The highest BCUT2D eigenvalue weighted by molar-refractivity contribution is 5.64. The summed E-state index contributed by atoms with van der Waals surface area (Å²) in [7, 11) is 1.71. The minimum atomic E-state index is -0.940. The van der Waals surface area contributed by atoms with E-state index in [1.165, 1.54) is 47.5 Å². The molecule has 2 atom stereocenters. The predicted molar refractivity (Wildman–Crippen MR) is 193 cm³/mol. The van der Waals surface area contributed by atoms with Crippen molar-refractivity contribution in [2.24, 2.45) is 0 Å². The van der Waals surface area contributed by atoms with Crippen molar-refractivity contribution in [3.8, 4) is 5.75 Å². The number of hydrogen-bond acceptors (Lipinski definition) is 8. The predicted octanol–water partition coefficient (Wildman–Crippen LogP) is 8.01. The molecule has 260 valence electrons. The number of anilines is 3. The second-order valence-electron chi connectivity index (χ2n) is 14.1. The Morgan fingerprint density at radius 2 is 1.63 bits per heavy atom.